The molecule has 2 atom stereocenters. The van der Waals surface area contributed by atoms with Crippen molar-refractivity contribution >= 4 is 35.6 Å². The molecule has 0 spiro atoms. The quantitative estimate of drug-likeness (QED) is 0.0777. The van der Waals surface area contributed by atoms with Crippen molar-refractivity contribution in [2.75, 3.05) is 7.05 Å². The third kappa shape index (κ3) is 23.2. The predicted octanol–water partition coefficient (Wildman–Crippen LogP) is 3.76. The van der Waals surface area contributed by atoms with Crippen LogP contribution in [0.3, 0.4) is 0 Å². The highest BCUT2D eigenvalue weighted by Gasteiger charge is 2.24. The summed E-state index contributed by atoms with van der Waals surface area (Å²) in [6.07, 6.45) is 14.7. The van der Waals surface area contributed by atoms with E-state index >= 15 is 0 Å². The first-order valence-electron chi connectivity index (χ1n) is 15.0. The van der Waals surface area contributed by atoms with Crippen LogP contribution >= 0.6 is 0 Å². The van der Waals surface area contributed by atoms with Gasteiger partial charge in [0.25, 0.3) is 0 Å². The predicted molar refractivity (Wildman–Crippen MR) is 153 cm³/mol. The van der Waals surface area contributed by atoms with E-state index in [0.717, 1.165) is 44.9 Å². The van der Waals surface area contributed by atoms with Crippen molar-refractivity contribution < 1.29 is 44.1 Å². The molecule has 6 N–H and O–H groups in total. The summed E-state index contributed by atoms with van der Waals surface area (Å²) < 4.78 is 0. The van der Waals surface area contributed by atoms with Crippen LogP contribution in [0.15, 0.2) is 0 Å². The van der Waals surface area contributed by atoms with Gasteiger partial charge in [-0.1, -0.05) is 77.0 Å². The second-order valence-corrected chi connectivity index (χ2v) is 10.5. The van der Waals surface area contributed by atoms with Gasteiger partial charge in [0.15, 0.2) is 0 Å². The lowest BCUT2D eigenvalue weighted by Crippen LogP contribution is -2.44. The van der Waals surface area contributed by atoms with Gasteiger partial charge in [-0.05, 0) is 25.7 Å². The summed E-state index contributed by atoms with van der Waals surface area (Å²) in [4.78, 5) is 68.9. The molecule has 0 aromatic rings. The first-order chi connectivity index (χ1) is 19.6. The maximum absolute atomic E-state index is 12.2. The second-order valence-electron chi connectivity index (χ2n) is 10.5. The minimum atomic E-state index is -1.29. The van der Waals surface area contributed by atoms with Crippen LogP contribution in [0.2, 0.25) is 0 Å². The number of carboxylic acid groups (broad SMARTS) is 3. The SMILES string of the molecule is CNC(=O)CC[C@H](NC(=O)CCC(NC(=O)CCCCCCCCCCCCCCCCC(=O)O)C(=O)O)C(=O)O. The van der Waals surface area contributed by atoms with Gasteiger partial charge in [0.05, 0.1) is 0 Å². The summed E-state index contributed by atoms with van der Waals surface area (Å²) >= 11 is 0. The van der Waals surface area contributed by atoms with Gasteiger partial charge in [0.1, 0.15) is 12.1 Å². The van der Waals surface area contributed by atoms with E-state index in [1.54, 1.807) is 0 Å². The van der Waals surface area contributed by atoms with Crippen LogP contribution in [-0.4, -0.2) is 70.1 Å². The zero-order valence-corrected chi connectivity index (χ0v) is 24.6. The fraction of sp³-hybridized carbons (Fsp3) is 0.793. The minimum absolute atomic E-state index is 0.0809. The number of carbonyl (C=O) groups is 6. The summed E-state index contributed by atoms with van der Waals surface area (Å²) in [6, 6.07) is -2.52. The Kier molecular flexibility index (Phi) is 22.7. The highest BCUT2D eigenvalue weighted by Crippen LogP contribution is 2.14. The number of aliphatic carboxylic acids is 3. The largest absolute Gasteiger partial charge is 0.481 e. The number of hydrogen-bond donors (Lipinski definition) is 6. The van der Waals surface area contributed by atoms with Crippen molar-refractivity contribution in [3.8, 4) is 0 Å². The molecule has 0 aliphatic carbocycles. The summed E-state index contributed by atoms with van der Waals surface area (Å²) in [7, 11) is 1.42. The van der Waals surface area contributed by atoms with E-state index < -0.39 is 41.8 Å². The number of unbranched alkanes of at least 4 members (excludes halogenated alkanes) is 13. The third-order valence-electron chi connectivity index (χ3n) is 6.91. The smallest absolute Gasteiger partial charge is 0.326 e. The molecule has 0 rings (SSSR count). The van der Waals surface area contributed by atoms with Gasteiger partial charge < -0.3 is 31.3 Å². The van der Waals surface area contributed by atoms with Crippen molar-refractivity contribution in [1.29, 1.82) is 0 Å². The normalized spacial score (nSPS) is 12.2. The number of amides is 3. The van der Waals surface area contributed by atoms with Crippen LogP contribution in [0, 0.1) is 0 Å². The van der Waals surface area contributed by atoms with Crippen molar-refractivity contribution in [2.24, 2.45) is 0 Å². The first kappa shape index (κ1) is 37.8. The highest BCUT2D eigenvalue weighted by molar-refractivity contribution is 5.86. The van der Waals surface area contributed by atoms with Gasteiger partial charge in [-0.15, -0.1) is 0 Å². The van der Waals surface area contributed by atoms with Crippen molar-refractivity contribution in [1.82, 2.24) is 16.0 Å². The van der Waals surface area contributed by atoms with E-state index in [0.29, 0.717) is 6.42 Å². The monoisotopic (exact) mass is 585 g/mol. The molecule has 0 fully saturated rings. The first-order valence-corrected chi connectivity index (χ1v) is 15.0. The number of carboxylic acids is 3. The molecule has 0 aromatic heterocycles. The molecule has 41 heavy (non-hydrogen) atoms. The van der Waals surface area contributed by atoms with Gasteiger partial charge in [0.2, 0.25) is 17.7 Å². The number of nitrogens with one attached hydrogen (secondary N) is 3. The highest BCUT2D eigenvalue weighted by atomic mass is 16.4. The minimum Gasteiger partial charge on any atom is -0.481 e. The molecule has 12 nitrogen and oxygen atoms in total. The lowest BCUT2D eigenvalue weighted by molar-refractivity contribution is -0.143. The molecule has 0 bridgehead atoms. The van der Waals surface area contributed by atoms with E-state index in [4.69, 9.17) is 5.11 Å². The summed E-state index contributed by atoms with van der Waals surface area (Å²) in [5.41, 5.74) is 0. The Balaban J connectivity index is 3.91. The van der Waals surface area contributed by atoms with Crippen LogP contribution in [0.25, 0.3) is 0 Å². The van der Waals surface area contributed by atoms with E-state index in [-0.39, 0.29) is 44.4 Å². The van der Waals surface area contributed by atoms with Crippen molar-refractivity contribution in [3.63, 3.8) is 0 Å². The van der Waals surface area contributed by atoms with E-state index in [9.17, 15) is 39.0 Å². The van der Waals surface area contributed by atoms with Gasteiger partial charge >= 0.3 is 17.9 Å². The van der Waals surface area contributed by atoms with E-state index in [2.05, 4.69) is 16.0 Å². The third-order valence-corrected chi connectivity index (χ3v) is 6.91. The topological polar surface area (TPSA) is 199 Å². The Labute approximate surface area is 243 Å². The number of rotatable bonds is 27. The molecule has 0 aliphatic heterocycles. The van der Waals surface area contributed by atoms with E-state index in [1.807, 2.05) is 0 Å². The molecule has 1 unspecified atom stereocenters. The summed E-state index contributed by atoms with van der Waals surface area (Å²) in [6.45, 7) is 0. The molecule has 3 amide bonds. The molecule has 0 saturated carbocycles. The van der Waals surface area contributed by atoms with Crippen LogP contribution in [0.4, 0.5) is 0 Å². The van der Waals surface area contributed by atoms with Gasteiger partial charge in [0, 0.05) is 32.7 Å². The number of hydrogen-bond acceptors (Lipinski definition) is 6. The molecule has 0 aromatic carbocycles. The fourth-order valence-electron chi connectivity index (χ4n) is 4.41. The molecule has 236 valence electrons. The summed E-state index contributed by atoms with van der Waals surface area (Å²) in [5.74, 6) is -4.70. The van der Waals surface area contributed by atoms with Gasteiger partial charge in [-0.3, -0.25) is 19.2 Å². The Morgan fingerprint density at radius 3 is 1.12 bits per heavy atom. The molecule has 0 aliphatic rings. The fourth-order valence-corrected chi connectivity index (χ4v) is 4.41. The summed E-state index contributed by atoms with van der Waals surface area (Å²) in [5, 5.41) is 34.3. The molecule has 12 heteroatoms. The zero-order chi connectivity index (χ0) is 30.9. The van der Waals surface area contributed by atoms with Crippen LogP contribution < -0.4 is 16.0 Å². The molecular formula is C29H51N3O9. The molecule has 0 radical (unpaired) electrons. The van der Waals surface area contributed by atoms with Crippen LogP contribution in [0.1, 0.15) is 128 Å². The average Bonchev–Trinajstić information content (AvgIpc) is 2.92. The van der Waals surface area contributed by atoms with Crippen molar-refractivity contribution in [2.45, 2.75) is 141 Å². The second kappa shape index (κ2) is 24.6. The Morgan fingerprint density at radius 2 is 0.780 bits per heavy atom. The van der Waals surface area contributed by atoms with Gasteiger partial charge in [-0.25, -0.2) is 9.59 Å². The molecular weight excluding hydrogens is 534 g/mol. The Bertz CT molecular complexity index is 804. The number of carbonyl (C=O) groups excluding carboxylic acids is 3. The van der Waals surface area contributed by atoms with Gasteiger partial charge in [-0.2, -0.15) is 0 Å². The lowest BCUT2D eigenvalue weighted by Gasteiger charge is -2.17. The Hall–Kier alpha value is -3.18. The zero-order valence-electron chi connectivity index (χ0n) is 24.6. The maximum Gasteiger partial charge on any atom is 0.326 e. The maximum atomic E-state index is 12.2. The van der Waals surface area contributed by atoms with Crippen LogP contribution in [-0.2, 0) is 28.8 Å². The van der Waals surface area contributed by atoms with E-state index in [1.165, 1.54) is 45.6 Å². The molecule has 0 saturated heterocycles. The Morgan fingerprint density at radius 1 is 0.463 bits per heavy atom. The molecule has 0 heterocycles. The standard InChI is InChI=1S/C29H51N3O9/c1-30-24(33)20-18-22(28(38)39)32-26(35)21-19-23(29(40)41)31-25(34)16-14-12-10-8-6-4-2-3-5-7-9-11-13-15-17-27(36)37/h22-23H,2-21H2,1H3,(H,30,33)(H,31,34)(H,32,35)(H,36,37)(H,38,39)(H,40,41)/t22-,23?/m0/s1. The average molecular weight is 586 g/mol. The lowest BCUT2D eigenvalue weighted by atomic mass is 10.0. The van der Waals surface area contributed by atoms with Crippen LogP contribution in [0.5, 0.6) is 0 Å². The van der Waals surface area contributed by atoms with Crippen molar-refractivity contribution in [3.05, 3.63) is 0 Å².